The molecule has 0 amide bonds. The predicted octanol–water partition coefficient (Wildman–Crippen LogP) is 4.89. The van der Waals surface area contributed by atoms with Crippen LogP contribution in [-0.2, 0) is 0 Å². The van der Waals surface area contributed by atoms with Crippen molar-refractivity contribution >= 4 is 5.71 Å². The maximum absolute atomic E-state index is 4.80. The van der Waals surface area contributed by atoms with E-state index in [-0.39, 0.29) is 5.54 Å². The first kappa shape index (κ1) is 13.8. The molecule has 1 aromatic rings. The van der Waals surface area contributed by atoms with Gasteiger partial charge >= 0.3 is 0 Å². The fourth-order valence-electron chi connectivity index (χ4n) is 2.52. The van der Waals surface area contributed by atoms with Gasteiger partial charge in [0.15, 0.2) is 0 Å². The van der Waals surface area contributed by atoms with Crippen LogP contribution < -0.4 is 0 Å². The standard InChI is InChI=1S/C18H23N/c1-13-10-11-15(12-13)17-9-7-6-8-16(17)14(2)19-18(3,4)5/h6-12,15H,1-5H3. The van der Waals surface area contributed by atoms with Crippen LogP contribution in [0.5, 0.6) is 0 Å². The van der Waals surface area contributed by atoms with Crippen molar-refractivity contribution in [2.24, 2.45) is 4.99 Å². The number of rotatable bonds is 2. The Morgan fingerprint density at radius 2 is 1.84 bits per heavy atom. The van der Waals surface area contributed by atoms with Crippen LogP contribution in [0.2, 0.25) is 0 Å². The quantitative estimate of drug-likeness (QED) is 0.665. The Morgan fingerprint density at radius 1 is 1.16 bits per heavy atom. The molecule has 0 radical (unpaired) electrons. The van der Waals surface area contributed by atoms with E-state index in [0.717, 1.165) is 5.71 Å². The third-order valence-corrected chi connectivity index (χ3v) is 3.22. The summed E-state index contributed by atoms with van der Waals surface area (Å²) in [5.41, 5.74) is 5.04. The molecule has 0 aliphatic heterocycles. The highest BCUT2D eigenvalue weighted by Crippen LogP contribution is 2.29. The van der Waals surface area contributed by atoms with Crippen molar-refractivity contribution in [2.45, 2.75) is 46.1 Å². The molecule has 0 spiro atoms. The van der Waals surface area contributed by atoms with E-state index in [9.17, 15) is 0 Å². The summed E-state index contributed by atoms with van der Waals surface area (Å²) in [5.74, 6) is 0.390. The molecule has 19 heavy (non-hydrogen) atoms. The van der Waals surface area contributed by atoms with Crippen LogP contribution in [0, 0.1) is 0 Å². The lowest BCUT2D eigenvalue weighted by atomic mass is 9.92. The van der Waals surface area contributed by atoms with E-state index >= 15 is 0 Å². The molecular formula is C18H23N. The Balaban J connectivity index is 2.43. The molecule has 0 aromatic heterocycles. The fourth-order valence-corrected chi connectivity index (χ4v) is 2.52. The van der Waals surface area contributed by atoms with Gasteiger partial charge in [-0.3, -0.25) is 4.99 Å². The second-order valence-electron chi connectivity index (χ2n) is 6.25. The largest absolute Gasteiger partial charge is 0.284 e. The second kappa shape index (κ2) is 5.16. The van der Waals surface area contributed by atoms with Gasteiger partial charge in [-0.25, -0.2) is 0 Å². The molecular weight excluding hydrogens is 230 g/mol. The molecule has 0 heterocycles. The molecule has 1 heteroatoms. The zero-order chi connectivity index (χ0) is 14.0. The van der Waals surface area contributed by atoms with Gasteiger partial charge in [-0.15, -0.1) is 0 Å². The lowest BCUT2D eigenvalue weighted by molar-refractivity contribution is 0.584. The first-order valence-electron chi connectivity index (χ1n) is 6.89. The van der Waals surface area contributed by atoms with Crippen LogP contribution in [0.25, 0.3) is 0 Å². The van der Waals surface area contributed by atoms with Gasteiger partial charge in [-0.2, -0.15) is 0 Å². The van der Waals surface area contributed by atoms with Crippen LogP contribution in [0.1, 0.15) is 51.7 Å². The van der Waals surface area contributed by atoms with Crippen molar-refractivity contribution in [3.05, 3.63) is 59.2 Å². The van der Waals surface area contributed by atoms with Crippen molar-refractivity contribution in [3.63, 3.8) is 0 Å². The minimum Gasteiger partial charge on any atom is -0.284 e. The first-order valence-corrected chi connectivity index (χ1v) is 6.89. The van der Waals surface area contributed by atoms with Gasteiger partial charge in [0.25, 0.3) is 0 Å². The monoisotopic (exact) mass is 253 g/mol. The molecule has 0 N–H and O–H groups in total. The van der Waals surface area contributed by atoms with Gasteiger partial charge in [0.05, 0.1) is 5.54 Å². The number of hydrogen-bond donors (Lipinski definition) is 0. The summed E-state index contributed by atoms with van der Waals surface area (Å²) in [7, 11) is 0. The summed E-state index contributed by atoms with van der Waals surface area (Å²) in [4.78, 5) is 4.80. The Bertz CT molecular complexity index is 553. The lowest BCUT2D eigenvalue weighted by Gasteiger charge is -2.17. The minimum atomic E-state index is -0.0333. The Kier molecular flexibility index (Phi) is 3.75. The zero-order valence-electron chi connectivity index (χ0n) is 12.6. The summed E-state index contributed by atoms with van der Waals surface area (Å²) < 4.78 is 0. The third kappa shape index (κ3) is 3.44. The van der Waals surface area contributed by atoms with Crippen LogP contribution in [0.3, 0.4) is 0 Å². The van der Waals surface area contributed by atoms with Crippen molar-refractivity contribution in [1.29, 1.82) is 0 Å². The normalized spacial score (nSPS) is 19.7. The third-order valence-electron chi connectivity index (χ3n) is 3.22. The van der Waals surface area contributed by atoms with Crippen molar-refractivity contribution in [1.82, 2.24) is 0 Å². The minimum absolute atomic E-state index is 0.0333. The lowest BCUT2D eigenvalue weighted by Crippen LogP contribution is -2.14. The van der Waals surface area contributed by atoms with Crippen LogP contribution in [0.4, 0.5) is 0 Å². The molecule has 0 saturated heterocycles. The van der Waals surface area contributed by atoms with Crippen molar-refractivity contribution in [2.75, 3.05) is 0 Å². The summed E-state index contributed by atoms with van der Waals surface area (Å²) in [6.45, 7) is 10.7. The second-order valence-corrected chi connectivity index (χ2v) is 6.25. The fraction of sp³-hybridized carbons (Fsp3) is 0.389. The van der Waals surface area contributed by atoms with Crippen LogP contribution in [-0.4, -0.2) is 11.3 Å². The highest BCUT2D eigenvalue weighted by Gasteiger charge is 2.16. The molecule has 0 fully saturated rings. The van der Waals surface area contributed by atoms with E-state index in [2.05, 4.69) is 77.1 Å². The molecule has 1 aromatic carbocycles. The number of hydrogen-bond acceptors (Lipinski definition) is 1. The zero-order valence-corrected chi connectivity index (χ0v) is 12.6. The molecule has 1 nitrogen and oxygen atoms in total. The number of nitrogens with zero attached hydrogens (tertiary/aromatic N) is 1. The topological polar surface area (TPSA) is 12.4 Å². The molecule has 0 bridgehead atoms. The Morgan fingerprint density at radius 3 is 2.42 bits per heavy atom. The van der Waals surface area contributed by atoms with Gasteiger partial charge < -0.3 is 0 Å². The summed E-state index contributed by atoms with van der Waals surface area (Å²) in [5, 5.41) is 0. The Hall–Kier alpha value is -1.63. The number of aliphatic imine (C=N–C) groups is 1. The summed E-state index contributed by atoms with van der Waals surface area (Å²) in [6, 6.07) is 8.59. The van der Waals surface area contributed by atoms with E-state index in [0.29, 0.717) is 5.92 Å². The van der Waals surface area contributed by atoms with E-state index in [4.69, 9.17) is 4.99 Å². The van der Waals surface area contributed by atoms with Crippen molar-refractivity contribution < 1.29 is 0 Å². The highest BCUT2D eigenvalue weighted by atomic mass is 14.8. The number of allylic oxidation sites excluding steroid dienone is 4. The first-order chi connectivity index (χ1) is 8.87. The summed E-state index contributed by atoms with van der Waals surface area (Å²) >= 11 is 0. The van der Waals surface area contributed by atoms with E-state index in [1.165, 1.54) is 16.7 Å². The van der Waals surface area contributed by atoms with Crippen LogP contribution >= 0.6 is 0 Å². The maximum atomic E-state index is 4.80. The molecule has 1 atom stereocenters. The van der Waals surface area contributed by atoms with Gasteiger partial charge in [0.1, 0.15) is 0 Å². The molecule has 1 unspecified atom stereocenters. The highest BCUT2D eigenvalue weighted by molar-refractivity contribution is 6.00. The van der Waals surface area contributed by atoms with Gasteiger partial charge in [-0.1, -0.05) is 48.1 Å². The van der Waals surface area contributed by atoms with Gasteiger partial charge in [0.2, 0.25) is 0 Å². The predicted molar refractivity (Wildman–Crippen MR) is 84.0 cm³/mol. The molecule has 0 saturated carbocycles. The molecule has 1 aliphatic carbocycles. The van der Waals surface area contributed by atoms with Gasteiger partial charge in [-0.05, 0) is 45.7 Å². The molecule has 100 valence electrons. The molecule has 1 aliphatic rings. The maximum Gasteiger partial charge on any atom is 0.0527 e. The average molecular weight is 253 g/mol. The smallest absolute Gasteiger partial charge is 0.0527 e. The molecule has 2 rings (SSSR count). The van der Waals surface area contributed by atoms with Gasteiger partial charge in [0, 0.05) is 11.6 Å². The van der Waals surface area contributed by atoms with Crippen LogP contribution in [0.15, 0.2) is 53.1 Å². The average Bonchev–Trinajstić information content (AvgIpc) is 2.73. The SMILES string of the molecule is CC1=CC(c2ccccc2C(C)=NC(C)(C)C)C=C1. The van der Waals surface area contributed by atoms with E-state index < -0.39 is 0 Å². The van der Waals surface area contributed by atoms with Crippen molar-refractivity contribution in [3.8, 4) is 0 Å². The van der Waals surface area contributed by atoms with E-state index in [1.807, 2.05) is 0 Å². The number of benzene rings is 1. The Labute approximate surface area is 116 Å². The summed E-state index contributed by atoms with van der Waals surface area (Å²) in [6.07, 6.45) is 6.76. The van der Waals surface area contributed by atoms with E-state index in [1.54, 1.807) is 0 Å².